The van der Waals surface area contributed by atoms with Crippen LogP contribution >= 0.6 is 0 Å². The Morgan fingerprint density at radius 3 is 2.79 bits per heavy atom. The van der Waals surface area contributed by atoms with Gasteiger partial charge in [-0.05, 0) is 36.4 Å². The summed E-state index contributed by atoms with van der Waals surface area (Å²) in [4.78, 5) is 14.8. The number of hydrogen-bond donors (Lipinski definition) is 2. The van der Waals surface area contributed by atoms with Gasteiger partial charge in [0.2, 0.25) is 5.91 Å². The normalized spacial score (nSPS) is 25.4. The summed E-state index contributed by atoms with van der Waals surface area (Å²) < 4.78 is 5.42. The molecular weight excluding hydrogens is 302 g/mol. The van der Waals surface area contributed by atoms with Gasteiger partial charge in [-0.15, -0.1) is 0 Å². The van der Waals surface area contributed by atoms with E-state index in [1.807, 2.05) is 6.07 Å². The number of benzene rings is 1. The van der Waals surface area contributed by atoms with Gasteiger partial charge < -0.3 is 15.4 Å². The topological polar surface area (TPSA) is 53.6 Å². The van der Waals surface area contributed by atoms with Gasteiger partial charge in [0.1, 0.15) is 0 Å². The molecule has 5 nitrogen and oxygen atoms in total. The molecule has 3 rings (SSSR count). The van der Waals surface area contributed by atoms with Crippen LogP contribution in [0.2, 0.25) is 0 Å². The molecule has 24 heavy (non-hydrogen) atoms. The van der Waals surface area contributed by atoms with E-state index in [9.17, 15) is 4.79 Å². The van der Waals surface area contributed by atoms with E-state index in [4.69, 9.17) is 4.74 Å². The number of carbonyl (C=O) groups is 1. The van der Waals surface area contributed by atoms with Gasteiger partial charge >= 0.3 is 0 Å². The van der Waals surface area contributed by atoms with Crippen molar-refractivity contribution < 1.29 is 9.53 Å². The Morgan fingerprint density at radius 2 is 2.04 bits per heavy atom. The van der Waals surface area contributed by atoms with Crippen molar-refractivity contribution in [2.75, 3.05) is 32.8 Å². The van der Waals surface area contributed by atoms with Crippen LogP contribution in [-0.2, 0) is 22.6 Å². The van der Waals surface area contributed by atoms with E-state index in [2.05, 4.69) is 40.7 Å². The van der Waals surface area contributed by atoms with Crippen LogP contribution in [0.15, 0.2) is 24.3 Å². The van der Waals surface area contributed by atoms with Crippen molar-refractivity contribution in [1.29, 1.82) is 0 Å². The molecule has 2 unspecified atom stereocenters. The van der Waals surface area contributed by atoms with Gasteiger partial charge in [-0.25, -0.2) is 0 Å². The highest BCUT2D eigenvalue weighted by Crippen LogP contribution is 2.16. The summed E-state index contributed by atoms with van der Waals surface area (Å²) in [5, 5.41) is 6.45. The van der Waals surface area contributed by atoms with E-state index in [1.54, 1.807) is 0 Å². The molecule has 0 aliphatic carbocycles. The summed E-state index contributed by atoms with van der Waals surface area (Å²) in [7, 11) is 0. The van der Waals surface area contributed by atoms with E-state index in [1.165, 1.54) is 11.1 Å². The van der Waals surface area contributed by atoms with Crippen LogP contribution in [0.1, 0.15) is 30.9 Å². The van der Waals surface area contributed by atoms with Crippen LogP contribution in [0.5, 0.6) is 0 Å². The second kappa shape index (κ2) is 8.60. The van der Waals surface area contributed by atoms with Gasteiger partial charge in [0.05, 0.1) is 19.3 Å². The van der Waals surface area contributed by atoms with Gasteiger partial charge in [0.15, 0.2) is 0 Å². The molecule has 5 heteroatoms. The first-order valence-electron chi connectivity index (χ1n) is 9.10. The number of morpholine rings is 1. The summed E-state index contributed by atoms with van der Waals surface area (Å²) in [6, 6.07) is 8.36. The first-order valence-corrected chi connectivity index (χ1v) is 9.10. The number of carbonyl (C=O) groups excluding carboxylic acids is 1. The second-order valence-electron chi connectivity index (χ2n) is 7.01. The molecule has 0 spiro atoms. The minimum absolute atomic E-state index is 0.0415. The van der Waals surface area contributed by atoms with E-state index in [-0.39, 0.29) is 11.9 Å². The number of nitrogens with one attached hydrogen (secondary N) is 2. The van der Waals surface area contributed by atoms with Crippen LogP contribution in [0, 0.1) is 5.92 Å². The highest BCUT2D eigenvalue weighted by atomic mass is 16.5. The number of hydrogen-bond acceptors (Lipinski definition) is 4. The lowest BCUT2D eigenvalue weighted by Gasteiger charge is -2.28. The number of nitrogens with zero attached hydrogens (tertiary/aromatic N) is 1. The van der Waals surface area contributed by atoms with E-state index in [0.29, 0.717) is 12.5 Å². The van der Waals surface area contributed by atoms with E-state index < -0.39 is 0 Å². The number of amides is 1. The first-order chi connectivity index (χ1) is 11.7. The van der Waals surface area contributed by atoms with Gasteiger partial charge in [-0.2, -0.15) is 0 Å². The van der Waals surface area contributed by atoms with Crippen LogP contribution in [-0.4, -0.2) is 49.7 Å². The lowest BCUT2D eigenvalue weighted by atomic mass is 9.94. The number of ether oxygens (including phenoxy) is 1. The Morgan fingerprint density at radius 1 is 1.29 bits per heavy atom. The standard InChI is InChI=1S/C19H29N3O2/c1-15-6-7-20-18(12-15)19(23)21-13-16-4-2-3-5-17(16)14-22-8-10-24-11-9-22/h2-5,15,18,20H,6-14H2,1H3,(H,21,23). The zero-order valence-electron chi connectivity index (χ0n) is 14.6. The smallest absolute Gasteiger partial charge is 0.237 e. The number of piperidine rings is 1. The van der Waals surface area contributed by atoms with Crippen molar-refractivity contribution >= 4 is 5.91 Å². The predicted molar refractivity (Wildman–Crippen MR) is 94.6 cm³/mol. The van der Waals surface area contributed by atoms with Crippen LogP contribution in [0.25, 0.3) is 0 Å². The zero-order valence-corrected chi connectivity index (χ0v) is 14.6. The molecule has 2 fully saturated rings. The van der Waals surface area contributed by atoms with E-state index in [0.717, 1.165) is 52.2 Å². The molecule has 2 heterocycles. The maximum Gasteiger partial charge on any atom is 0.237 e. The average molecular weight is 331 g/mol. The van der Waals surface area contributed by atoms with Gasteiger partial charge in [-0.1, -0.05) is 31.2 Å². The van der Waals surface area contributed by atoms with Crippen LogP contribution in [0.3, 0.4) is 0 Å². The Labute approximate surface area is 144 Å². The minimum atomic E-state index is -0.0415. The lowest BCUT2D eigenvalue weighted by molar-refractivity contribution is -0.124. The molecule has 2 aliphatic rings. The minimum Gasteiger partial charge on any atom is -0.379 e. The summed E-state index contributed by atoms with van der Waals surface area (Å²) in [5.41, 5.74) is 2.51. The Kier molecular flexibility index (Phi) is 6.24. The van der Waals surface area contributed by atoms with Crippen LogP contribution in [0.4, 0.5) is 0 Å². The molecular formula is C19H29N3O2. The van der Waals surface area contributed by atoms with Crippen molar-refractivity contribution in [1.82, 2.24) is 15.5 Å². The molecule has 0 bridgehead atoms. The molecule has 2 atom stereocenters. The maximum atomic E-state index is 12.4. The van der Waals surface area contributed by atoms with Gasteiger partial charge in [0.25, 0.3) is 0 Å². The predicted octanol–water partition coefficient (Wildman–Crippen LogP) is 1.52. The fraction of sp³-hybridized carbons (Fsp3) is 0.632. The summed E-state index contributed by atoms with van der Waals surface area (Å²) in [6.45, 7) is 8.26. The largest absolute Gasteiger partial charge is 0.379 e. The lowest BCUT2D eigenvalue weighted by Crippen LogP contribution is -2.48. The maximum absolute atomic E-state index is 12.4. The molecule has 0 radical (unpaired) electrons. The van der Waals surface area contributed by atoms with E-state index >= 15 is 0 Å². The van der Waals surface area contributed by atoms with Crippen LogP contribution < -0.4 is 10.6 Å². The zero-order chi connectivity index (χ0) is 16.8. The fourth-order valence-corrected chi connectivity index (χ4v) is 3.50. The molecule has 1 aromatic carbocycles. The first kappa shape index (κ1) is 17.4. The second-order valence-corrected chi connectivity index (χ2v) is 7.01. The third kappa shape index (κ3) is 4.79. The number of rotatable bonds is 5. The SMILES string of the molecule is CC1CCNC(C(=O)NCc2ccccc2CN2CCOCC2)C1. The van der Waals surface area contributed by atoms with Crippen molar-refractivity contribution in [2.24, 2.45) is 5.92 Å². The molecule has 2 aliphatic heterocycles. The molecule has 0 aromatic heterocycles. The summed E-state index contributed by atoms with van der Waals surface area (Å²) in [6.07, 6.45) is 2.09. The van der Waals surface area contributed by atoms with Gasteiger partial charge in [0, 0.05) is 26.2 Å². The third-order valence-electron chi connectivity index (χ3n) is 5.05. The average Bonchev–Trinajstić information content (AvgIpc) is 2.61. The van der Waals surface area contributed by atoms with Crippen molar-refractivity contribution in [3.8, 4) is 0 Å². The molecule has 1 amide bonds. The van der Waals surface area contributed by atoms with Crippen molar-refractivity contribution in [3.05, 3.63) is 35.4 Å². The molecule has 132 valence electrons. The van der Waals surface area contributed by atoms with Crippen molar-refractivity contribution in [3.63, 3.8) is 0 Å². The Balaban J connectivity index is 1.55. The molecule has 0 saturated carbocycles. The molecule has 1 aromatic rings. The molecule has 2 saturated heterocycles. The summed E-state index contributed by atoms with van der Waals surface area (Å²) >= 11 is 0. The van der Waals surface area contributed by atoms with Gasteiger partial charge in [-0.3, -0.25) is 9.69 Å². The Hall–Kier alpha value is -1.43. The highest BCUT2D eigenvalue weighted by Gasteiger charge is 2.24. The highest BCUT2D eigenvalue weighted by molar-refractivity contribution is 5.81. The monoisotopic (exact) mass is 331 g/mol. The molecule has 2 N–H and O–H groups in total. The quantitative estimate of drug-likeness (QED) is 0.859. The fourth-order valence-electron chi connectivity index (χ4n) is 3.50. The summed E-state index contributed by atoms with van der Waals surface area (Å²) in [5.74, 6) is 0.748. The Bertz CT molecular complexity index is 543. The third-order valence-corrected chi connectivity index (χ3v) is 5.05. The van der Waals surface area contributed by atoms with Crippen molar-refractivity contribution in [2.45, 2.75) is 38.9 Å².